The molecule has 47 heavy (non-hydrogen) atoms. The van der Waals surface area contributed by atoms with E-state index >= 15 is 0 Å². The van der Waals surface area contributed by atoms with Gasteiger partial charge in [-0.3, -0.25) is 14.4 Å². The van der Waals surface area contributed by atoms with E-state index in [0.29, 0.717) is 51.5 Å². The number of amides is 2. The topological polar surface area (TPSA) is 285 Å². The fourth-order valence-electron chi connectivity index (χ4n) is 4.73. The van der Waals surface area contributed by atoms with Gasteiger partial charge in [0.2, 0.25) is 11.8 Å². The van der Waals surface area contributed by atoms with Gasteiger partial charge in [0.05, 0.1) is 18.8 Å². The van der Waals surface area contributed by atoms with E-state index in [1.165, 1.54) is 13.8 Å². The van der Waals surface area contributed by atoms with Gasteiger partial charge in [0.15, 0.2) is 18.4 Å². The van der Waals surface area contributed by atoms with Crippen molar-refractivity contribution in [2.24, 2.45) is 5.92 Å². The molecule has 1 heterocycles. The van der Waals surface area contributed by atoms with Crippen LogP contribution in [0.1, 0.15) is 71.6 Å². The molecule has 1 saturated heterocycles. The molecule has 0 aromatic carbocycles. The normalized spacial score (nSPS) is 25.3. The Labute approximate surface area is 274 Å². The lowest BCUT2D eigenvalue weighted by atomic mass is 9.97. The Morgan fingerprint density at radius 3 is 2.04 bits per heavy atom. The lowest BCUT2D eigenvalue weighted by Crippen LogP contribution is -2.59. The molecule has 276 valence electrons. The second-order valence-electron chi connectivity index (χ2n) is 12.0. The first-order valence-corrected chi connectivity index (χ1v) is 16.2. The monoisotopic (exact) mass is 684 g/mol. The second-order valence-corrected chi connectivity index (χ2v) is 12.0. The van der Waals surface area contributed by atoms with Gasteiger partial charge in [-0.05, 0) is 51.9 Å². The maximum atomic E-state index is 12.3. The summed E-state index contributed by atoms with van der Waals surface area (Å²) in [5.74, 6) is -1.43. The Balaban J connectivity index is 2.17. The summed E-state index contributed by atoms with van der Waals surface area (Å²) in [5.41, 5.74) is 0. The standard InChI is InChI=1S/C30H56N2O15/c1-17(15-33)23(38)25(40)27(42)29(44)45-13-7-4-10-21(36)31-12-6-3-9-19(18(2)35)32-22(37)11-5-8-14-46-30-28(43)26(41)24(39)20(16-34)47-30/h17,19-20,23-30,33-34,38-44H,3-16H2,1-2H3,(H,31,36)(H,32,37)/t17?,19-,20?,23?,24?,25?,26?,27?,28?,29?,30?/m1/s1. The van der Waals surface area contributed by atoms with Gasteiger partial charge in [0, 0.05) is 45.1 Å². The fourth-order valence-corrected chi connectivity index (χ4v) is 4.73. The average Bonchev–Trinajstić information content (AvgIpc) is 3.05. The molecule has 1 fully saturated rings. The lowest BCUT2D eigenvalue weighted by molar-refractivity contribution is -0.301. The molecular weight excluding hydrogens is 628 g/mol. The summed E-state index contributed by atoms with van der Waals surface area (Å²) >= 11 is 0. The predicted molar refractivity (Wildman–Crippen MR) is 163 cm³/mol. The number of Topliss-reactive ketones (excluding diaryl/α,β-unsaturated/α-hetero) is 1. The molecule has 1 aliphatic rings. The van der Waals surface area contributed by atoms with E-state index in [9.17, 15) is 55.2 Å². The Kier molecular flexibility index (Phi) is 21.6. The Hall–Kier alpha value is -1.87. The largest absolute Gasteiger partial charge is 0.396 e. The van der Waals surface area contributed by atoms with Crippen LogP contribution in [-0.4, -0.2) is 158 Å². The Morgan fingerprint density at radius 1 is 0.787 bits per heavy atom. The number of hydrogen-bond donors (Lipinski definition) is 11. The van der Waals surface area contributed by atoms with Gasteiger partial charge >= 0.3 is 0 Å². The molecule has 2 amide bonds. The van der Waals surface area contributed by atoms with Gasteiger partial charge in [-0.15, -0.1) is 0 Å². The number of nitrogens with one attached hydrogen (secondary N) is 2. The van der Waals surface area contributed by atoms with Gasteiger partial charge < -0.3 is 70.8 Å². The molecule has 10 unspecified atom stereocenters. The molecule has 11 N–H and O–H groups in total. The summed E-state index contributed by atoms with van der Waals surface area (Å²) in [7, 11) is 0. The van der Waals surface area contributed by atoms with Gasteiger partial charge in [0.25, 0.3) is 0 Å². The smallest absolute Gasteiger partial charge is 0.220 e. The third-order valence-electron chi connectivity index (χ3n) is 7.95. The molecular formula is C30H56N2O15. The number of unbranched alkanes of at least 4 members (excludes halogenated alkanes) is 3. The van der Waals surface area contributed by atoms with Gasteiger partial charge in [-0.2, -0.15) is 0 Å². The number of hydrogen-bond acceptors (Lipinski definition) is 15. The van der Waals surface area contributed by atoms with Crippen LogP contribution in [0.2, 0.25) is 0 Å². The molecule has 0 aromatic heterocycles. The molecule has 0 spiro atoms. The minimum absolute atomic E-state index is 0.00203. The van der Waals surface area contributed by atoms with Crippen molar-refractivity contribution >= 4 is 17.6 Å². The van der Waals surface area contributed by atoms with Crippen molar-refractivity contribution in [3.05, 3.63) is 0 Å². The van der Waals surface area contributed by atoms with Crippen LogP contribution in [0.4, 0.5) is 0 Å². The molecule has 0 saturated carbocycles. The fraction of sp³-hybridized carbons (Fsp3) is 0.900. The molecule has 0 aromatic rings. The number of rotatable bonds is 25. The number of aliphatic hydroxyl groups excluding tert-OH is 9. The number of ether oxygens (including phenoxy) is 3. The number of carbonyl (C=O) groups excluding carboxylic acids is 3. The van der Waals surface area contributed by atoms with Crippen molar-refractivity contribution < 1.29 is 74.6 Å². The highest BCUT2D eigenvalue weighted by Gasteiger charge is 2.44. The quantitative estimate of drug-likeness (QED) is 0.0329. The van der Waals surface area contributed by atoms with E-state index < -0.39 is 80.5 Å². The van der Waals surface area contributed by atoms with Crippen LogP contribution < -0.4 is 10.6 Å². The summed E-state index contributed by atoms with van der Waals surface area (Å²) in [6.07, 6.45) is -10.0. The first kappa shape index (κ1) is 43.2. The summed E-state index contributed by atoms with van der Waals surface area (Å²) in [4.78, 5) is 36.4. The van der Waals surface area contributed by atoms with Crippen molar-refractivity contribution in [1.82, 2.24) is 10.6 Å². The summed E-state index contributed by atoms with van der Waals surface area (Å²) in [5, 5.41) is 92.8. The SMILES string of the molecule is CC(=O)[C@@H](CCCCNC(=O)CCCCOC(O)C(O)C(O)C(O)C(C)CO)NC(=O)CCCCOC1OC(CO)C(O)C(O)C1O. The average molecular weight is 685 g/mol. The van der Waals surface area contributed by atoms with Crippen LogP contribution in [0.15, 0.2) is 0 Å². The number of aliphatic hydroxyl groups is 9. The molecule has 0 bridgehead atoms. The zero-order valence-electron chi connectivity index (χ0n) is 27.2. The predicted octanol–water partition coefficient (Wildman–Crippen LogP) is -3.45. The summed E-state index contributed by atoms with van der Waals surface area (Å²) < 4.78 is 15.7. The molecule has 0 aliphatic carbocycles. The van der Waals surface area contributed by atoms with Crippen molar-refractivity contribution in [3.8, 4) is 0 Å². The lowest BCUT2D eigenvalue weighted by Gasteiger charge is -2.39. The highest BCUT2D eigenvalue weighted by molar-refractivity contribution is 5.87. The second kappa shape index (κ2) is 23.5. The van der Waals surface area contributed by atoms with Crippen LogP contribution >= 0.6 is 0 Å². The summed E-state index contributed by atoms with van der Waals surface area (Å²) in [6, 6.07) is -0.667. The van der Waals surface area contributed by atoms with Crippen LogP contribution in [-0.2, 0) is 28.6 Å². The molecule has 1 aliphatic heterocycles. The van der Waals surface area contributed by atoms with Crippen molar-refractivity contribution in [2.45, 2.75) is 133 Å². The zero-order chi connectivity index (χ0) is 35.5. The Bertz CT molecular complexity index is 897. The molecule has 0 radical (unpaired) electrons. The summed E-state index contributed by atoms with van der Waals surface area (Å²) in [6.45, 7) is 2.33. The maximum Gasteiger partial charge on any atom is 0.220 e. The van der Waals surface area contributed by atoms with Gasteiger partial charge in [-0.1, -0.05) is 6.92 Å². The first-order valence-electron chi connectivity index (χ1n) is 16.2. The number of carbonyl (C=O) groups is 3. The van der Waals surface area contributed by atoms with Crippen LogP contribution in [0.3, 0.4) is 0 Å². The van der Waals surface area contributed by atoms with Crippen LogP contribution in [0, 0.1) is 5.92 Å². The van der Waals surface area contributed by atoms with Crippen LogP contribution in [0.25, 0.3) is 0 Å². The molecule has 17 nitrogen and oxygen atoms in total. The van der Waals surface area contributed by atoms with E-state index in [4.69, 9.17) is 19.3 Å². The molecule has 1 rings (SSSR count). The van der Waals surface area contributed by atoms with Crippen molar-refractivity contribution in [2.75, 3.05) is 33.0 Å². The van der Waals surface area contributed by atoms with E-state index in [1.807, 2.05) is 0 Å². The van der Waals surface area contributed by atoms with Gasteiger partial charge in [-0.25, -0.2) is 0 Å². The van der Waals surface area contributed by atoms with E-state index in [0.717, 1.165) is 0 Å². The molecule has 11 atom stereocenters. The highest BCUT2D eigenvalue weighted by Crippen LogP contribution is 2.22. The first-order chi connectivity index (χ1) is 22.2. The minimum atomic E-state index is -1.78. The highest BCUT2D eigenvalue weighted by atomic mass is 16.7. The van der Waals surface area contributed by atoms with Crippen molar-refractivity contribution in [3.63, 3.8) is 0 Å². The third-order valence-corrected chi connectivity index (χ3v) is 7.95. The minimum Gasteiger partial charge on any atom is -0.396 e. The molecule has 17 heteroatoms. The van der Waals surface area contributed by atoms with Crippen LogP contribution in [0.5, 0.6) is 0 Å². The number of ketones is 1. The zero-order valence-corrected chi connectivity index (χ0v) is 27.2. The third kappa shape index (κ3) is 15.9. The van der Waals surface area contributed by atoms with E-state index in [2.05, 4.69) is 10.6 Å². The van der Waals surface area contributed by atoms with Gasteiger partial charge in [0.1, 0.15) is 36.6 Å². The maximum absolute atomic E-state index is 12.3. The van der Waals surface area contributed by atoms with E-state index in [-0.39, 0.29) is 43.7 Å². The van der Waals surface area contributed by atoms with E-state index in [1.54, 1.807) is 0 Å². The Morgan fingerprint density at radius 2 is 1.43 bits per heavy atom. The van der Waals surface area contributed by atoms with Crippen molar-refractivity contribution in [1.29, 1.82) is 0 Å².